The second-order valence-electron chi connectivity index (χ2n) is 7.15. The topological polar surface area (TPSA) is 44.8 Å². The van der Waals surface area contributed by atoms with Gasteiger partial charge in [0.25, 0.3) is 0 Å². The second-order valence-corrected chi connectivity index (χ2v) is 7.15. The van der Waals surface area contributed by atoms with E-state index in [1.807, 2.05) is 24.3 Å². The predicted molar refractivity (Wildman–Crippen MR) is 122 cm³/mol. The van der Waals surface area contributed by atoms with Crippen LogP contribution in [0.2, 0.25) is 0 Å². The van der Waals surface area contributed by atoms with Crippen molar-refractivity contribution in [2.75, 3.05) is 6.61 Å². The number of carbonyl (C=O) groups excluding carboxylic acids is 1. The molecular formula is C27H24F2O4. The average molecular weight is 450 g/mol. The van der Waals surface area contributed by atoms with Gasteiger partial charge in [-0.2, -0.15) is 8.78 Å². The maximum atomic E-state index is 12.2. The number of unbranched alkanes of at least 4 members (excludes halogenated alkanes) is 2. The first-order valence-corrected chi connectivity index (χ1v) is 10.7. The van der Waals surface area contributed by atoms with Crippen molar-refractivity contribution in [2.24, 2.45) is 0 Å². The van der Waals surface area contributed by atoms with E-state index in [2.05, 4.69) is 23.5 Å². The summed E-state index contributed by atoms with van der Waals surface area (Å²) in [6.45, 7) is -0.0433. The standard InChI is InChI=1S/C27H24F2O4/c1-2-3-4-19-31-23-13-7-20(8-14-23)5-6-21-9-15-24(16-10-21)32-26(30)22-11-17-25(18-12-22)33-27(28)29/h7-18,27H,2-4,19H2,1H3. The van der Waals surface area contributed by atoms with Crippen LogP contribution >= 0.6 is 0 Å². The lowest BCUT2D eigenvalue weighted by molar-refractivity contribution is -0.0498. The number of halogens is 2. The van der Waals surface area contributed by atoms with E-state index in [1.165, 1.54) is 24.3 Å². The van der Waals surface area contributed by atoms with Crippen LogP contribution in [0, 0.1) is 11.8 Å². The first-order valence-electron chi connectivity index (χ1n) is 10.7. The number of hydrogen-bond acceptors (Lipinski definition) is 4. The molecule has 0 amide bonds. The lowest BCUT2D eigenvalue weighted by Gasteiger charge is -2.06. The molecule has 0 spiro atoms. The van der Waals surface area contributed by atoms with Crippen LogP contribution < -0.4 is 14.2 Å². The molecule has 4 nitrogen and oxygen atoms in total. The summed E-state index contributed by atoms with van der Waals surface area (Å²) in [6.07, 6.45) is 3.37. The Balaban J connectivity index is 1.53. The SMILES string of the molecule is CCCCCOc1ccc(C#Cc2ccc(OC(=O)c3ccc(OC(F)F)cc3)cc2)cc1. The molecule has 0 unspecified atom stereocenters. The molecule has 0 heterocycles. The van der Waals surface area contributed by atoms with Gasteiger partial charge in [0.05, 0.1) is 12.2 Å². The molecule has 0 aliphatic heterocycles. The van der Waals surface area contributed by atoms with Crippen molar-refractivity contribution in [1.82, 2.24) is 0 Å². The molecule has 0 N–H and O–H groups in total. The highest BCUT2D eigenvalue weighted by molar-refractivity contribution is 5.91. The minimum Gasteiger partial charge on any atom is -0.494 e. The molecule has 170 valence electrons. The van der Waals surface area contributed by atoms with Gasteiger partial charge in [-0.05, 0) is 79.2 Å². The van der Waals surface area contributed by atoms with Crippen LogP contribution in [-0.4, -0.2) is 19.2 Å². The van der Waals surface area contributed by atoms with Gasteiger partial charge in [-0.3, -0.25) is 0 Å². The summed E-state index contributed by atoms with van der Waals surface area (Å²) in [5, 5.41) is 0. The van der Waals surface area contributed by atoms with Crippen molar-refractivity contribution in [2.45, 2.75) is 32.8 Å². The number of alkyl halides is 2. The van der Waals surface area contributed by atoms with Crippen molar-refractivity contribution in [3.8, 4) is 29.1 Å². The van der Waals surface area contributed by atoms with E-state index in [1.54, 1.807) is 24.3 Å². The molecule has 33 heavy (non-hydrogen) atoms. The van der Waals surface area contributed by atoms with Gasteiger partial charge in [-0.1, -0.05) is 31.6 Å². The van der Waals surface area contributed by atoms with Crippen LogP contribution in [-0.2, 0) is 0 Å². The Hall–Kier alpha value is -3.85. The van der Waals surface area contributed by atoms with Crippen molar-refractivity contribution >= 4 is 5.97 Å². The molecule has 0 fully saturated rings. The number of esters is 1. The van der Waals surface area contributed by atoms with E-state index in [4.69, 9.17) is 9.47 Å². The van der Waals surface area contributed by atoms with E-state index in [-0.39, 0.29) is 11.3 Å². The third kappa shape index (κ3) is 7.97. The normalized spacial score (nSPS) is 10.3. The minimum absolute atomic E-state index is 0.0291. The Kier molecular flexibility index (Phi) is 8.84. The zero-order valence-electron chi connectivity index (χ0n) is 18.2. The maximum absolute atomic E-state index is 12.2. The van der Waals surface area contributed by atoms with Crippen LogP contribution in [0.15, 0.2) is 72.8 Å². The molecule has 0 aromatic heterocycles. The summed E-state index contributed by atoms with van der Waals surface area (Å²) in [6, 6.07) is 19.7. The molecule has 0 saturated heterocycles. The van der Waals surface area contributed by atoms with Gasteiger partial charge in [0.2, 0.25) is 0 Å². The Labute approximate surface area is 192 Å². The molecule has 0 atom stereocenters. The van der Waals surface area contributed by atoms with Gasteiger partial charge in [-0.25, -0.2) is 4.79 Å². The molecule has 3 aromatic carbocycles. The molecular weight excluding hydrogens is 426 g/mol. The Morgan fingerprint density at radius 3 is 1.88 bits per heavy atom. The van der Waals surface area contributed by atoms with Crippen molar-refractivity contribution in [3.63, 3.8) is 0 Å². The van der Waals surface area contributed by atoms with Gasteiger partial charge in [0.15, 0.2) is 0 Å². The summed E-state index contributed by atoms with van der Waals surface area (Å²) in [7, 11) is 0. The van der Waals surface area contributed by atoms with Gasteiger partial charge >= 0.3 is 12.6 Å². The zero-order chi connectivity index (χ0) is 23.5. The van der Waals surface area contributed by atoms with Gasteiger partial charge in [-0.15, -0.1) is 0 Å². The summed E-state index contributed by atoms with van der Waals surface area (Å²) >= 11 is 0. The van der Waals surface area contributed by atoms with Crippen LogP contribution in [0.5, 0.6) is 17.2 Å². The molecule has 0 bridgehead atoms. The largest absolute Gasteiger partial charge is 0.494 e. The van der Waals surface area contributed by atoms with Crippen molar-refractivity contribution < 1.29 is 27.8 Å². The van der Waals surface area contributed by atoms with Crippen molar-refractivity contribution in [1.29, 1.82) is 0 Å². The summed E-state index contributed by atoms with van der Waals surface area (Å²) in [4.78, 5) is 12.2. The fraction of sp³-hybridized carbons (Fsp3) is 0.222. The third-order valence-electron chi connectivity index (χ3n) is 4.60. The summed E-state index contributed by atoms with van der Waals surface area (Å²) < 4.78 is 39.7. The Bertz CT molecular complexity index is 1080. The maximum Gasteiger partial charge on any atom is 0.387 e. The fourth-order valence-electron chi connectivity index (χ4n) is 2.87. The Morgan fingerprint density at radius 2 is 1.33 bits per heavy atom. The smallest absolute Gasteiger partial charge is 0.387 e. The van der Waals surface area contributed by atoms with Crippen LogP contribution in [0.1, 0.15) is 47.7 Å². The highest BCUT2D eigenvalue weighted by Crippen LogP contribution is 2.18. The molecule has 0 saturated carbocycles. The van der Waals surface area contributed by atoms with E-state index >= 15 is 0 Å². The monoisotopic (exact) mass is 450 g/mol. The van der Waals surface area contributed by atoms with Crippen LogP contribution in [0.3, 0.4) is 0 Å². The number of hydrogen-bond donors (Lipinski definition) is 0. The average Bonchev–Trinajstić information content (AvgIpc) is 2.82. The van der Waals surface area contributed by atoms with E-state index in [0.29, 0.717) is 12.4 Å². The fourth-order valence-corrected chi connectivity index (χ4v) is 2.87. The zero-order valence-corrected chi connectivity index (χ0v) is 18.2. The second kappa shape index (κ2) is 12.3. The van der Waals surface area contributed by atoms with E-state index in [9.17, 15) is 13.6 Å². The first kappa shape index (κ1) is 23.8. The van der Waals surface area contributed by atoms with Crippen LogP contribution in [0.4, 0.5) is 8.78 Å². The lowest BCUT2D eigenvalue weighted by atomic mass is 10.1. The van der Waals surface area contributed by atoms with E-state index < -0.39 is 12.6 Å². The highest BCUT2D eigenvalue weighted by atomic mass is 19.3. The van der Waals surface area contributed by atoms with Crippen LogP contribution in [0.25, 0.3) is 0 Å². The lowest BCUT2D eigenvalue weighted by Crippen LogP contribution is -2.08. The molecule has 0 radical (unpaired) electrons. The first-order chi connectivity index (χ1) is 16.0. The molecule has 3 rings (SSSR count). The molecule has 0 aliphatic carbocycles. The van der Waals surface area contributed by atoms with Gasteiger partial charge in [0, 0.05) is 11.1 Å². The molecule has 6 heteroatoms. The number of carbonyl (C=O) groups is 1. The summed E-state index contributed by atoms with van der Waals surface area (Å²) in [5.41, 5.74) is 1.85. The number of ether oxygens (including phenoxy) is 3. The number of rotatable bonds is 9. The van der Waals surface area contributed by atoms with Gasteiger partial charge < -0.3 is 14.2 Å². The number of benzene rings is 3. The minimum atomic E-state index is -2.92. The van der Waals surface area contributed by atoms with Gasteiger partial charge in [0.1, 0.15) is 17.2 Å². The molecule has 3 aromatic rings. The molecule has 0 aliphatic rings. The Morgan fingerprint density at radius 1 is 0.788 bits per heavy atom. The predicted octanol–water partition coefficient (Wildman–Crippen LogP) is 6.48. The third-order valence-corrected chi connectivity index (χ3v) is 4.60. The van der Waals surface area contributed by atoms with Crippen molar-refractivity contribution in [3.05, 3.63) is 89.5 Å². The highest BCUT2D eigenvalue weighted by Gasteiger charge is 2.10. The quantitative estimate of drug-likeness (QED) is 0.162. The van der Waals surface area contributed by atoms with E-state index in [0.717, 1.165) is 36.1 Å². The summed E-state index contributed by atoms with van der Waals surface area (Å²) in [5.74, 6) is 6.71.